The van der Waals surface area contributed by atoms with Gasteiger partial charge in [0, 0.05) is 16.1 Å². The van der Waals surface area contributed by atoms with E-state index in [1.165, 1.54) is 0 Å². The SMILES string of the molecule is C[C@@H](NC(=O)c1cccc(-c2ccc(C(=O)NO)cc2)c1)c1ccc(Cl)cc1. The molecule has 0 saturated heterocycles. The predicted octanol–water partition coefficient (Wildman–Crippen LogP) is 4.62. The molecule has 0 aromatic heterocycles. The average Bonchev–Trinajstić information content (AvgIpc) is 2.73. The number of amides is 2. The average molecular weight is 395 g/mol. The zero-order valence-electron chi connectivity index (χ0n) is 15.1. The van der Waals surface area contributed by atoms with Gasteiger partial charge in [0.05, 0.1) is 6.04 Å². The van der Waals surface area contributed by atoms with Gasteiger partial charge in [0.1, 0.15) is 0 Å². The highest BCUT2D eigenvalue weighted by Crippen LogP contribution is 2.22. The van der Waals surface area contributed by atoms with Gasteiger partial charge in [-0.25, -0.2) is 5.48 Å². The second-order valence-corrected chi connectivity index (χ2v) is 6.78. The number of benzene rings is 3. The van der Waals surface area contributed by atoms with Gasteiger partial charge in [-0.3, -0.25) is 14.8 Å². The summed E-state index contributed by atoms with van der Waals surface area (Å²) < 4.78 is 0. The molecule has 28 heavy (non-hydrogen) atoms. The summed E-state index contributed by atoms with van der Waals surface area (Å²) >= 11 is 5.91. The molecular weight excluding hydrogens is 376 g/mol. The fourth-order valence-corrected chi connectivity index (χ4v) is 2.96. The van der Waals surface area contributed by atoms with Crippen LogP contribution in [0.1, 0.15) is 39.2 Å². The van der Waals surface area contributed by atoms with E-state index in [0.717, 1.165) is 16.7 Å². The second kappa shape index (κ2) is 8.69. The summed E-state index contributed by atoms with van der Waals surface area (Å²) in [7, 11) is 0. The summed E-state index contributed by atoms with van der Waals surface area (Å²) in [5, 5.41) is 12.3. The van der Waals surface area contributed by atoms with Crippen molar-refractivity contribution in [2.24, 2.45) is 0 Å². The quantitative estimate of drug-likeness (QED) is 0.436. The molecule has 2 amide bonds. The van der Waals surface area contributed by atoms with E-state index in [-0.39, 0.29) is 11.9 Å². The van der Waals surface area contributed by atoms with Crippen LogP contribution in [0.3, 0.4) is 0 Å². The van der Waals surface area contributed by atoms with Crippen LogP contribution in [0.25, 0.3) is 11.1 Å². The Kier molecular flexibility index (Phi) is 6.09. The van der Waals surface area contributed by atoms with E-state index < -0.39 is 5.91 Å². The molecular formula is C22H19ClN2O3. The van der Waals surface area contributed by atoms with Crippen LogP contribution in [-0.4, -0.2) is 17.0 Å². The molecule has 0 aliphatic rings. The smallest absolute Gasteiger partial charge is 0.274 e. The predicted molar refractivity (Wildman–Crippen MR) is 108 cm³/mol. The van der Waals surface area contributed by atoms with E-state index in [1.807, 2.05) is 31.2 Å². The number of hydrogen-bond acceptors (Lipinski definition) is 3. The molecule has 0 bridgehead atoms. The van der Waals surface area contributed by atoms with Crippen LogP contribution >= 0.6 is 11.6 Å². The molecule has 0 fully saturated rings. The molecule has 3 aromatic rings. The lowest BCUT2D eigenvalue weighted by Gasteiger charge is -2.15. The third-order valence-electron chi connectivity index (χ3n) is 4.42. The lowest BCUT2D eigenvalue weighted by Crippen LogP contribution is -2.26. The van der Waals surface area contributed by atoms with Gasteiger partial charge in [-0.1, -0.05) is 48.0 Å². The number of hydrogen-bond donors (Lipinski definition) is 3. The van der Waals surface area contributed by atoms with E-state index in [9.17, 15) is 9.59 Å². The zero-order chi connectivity index (χ0) is 20.1. The number of nitrogens with one attached hydrogen (secondary N) is 2. The summed E-state index contributed by atoms with van der Waals surface area (Å²) in [6.07, 6.45) is 0. The van der Waals surface area contributed by atoms with Gasteiger partial charge >= 0.3 is 0 Å². The fourth-order valence-electron chi connectivity index (χ4n) is 2.83. The van der Waals surface area contributed by atoms with Crippen LogP contribution < -0.4 is 10.8 Å². The van der Waals surface area contributed by atoms with Crippen molar-refractivity contribution in [3.05, 3.63) is 94.5 Å². The summed E-state index contributed by atoms with van der Waals surface area (Å²) in [6, 6.07) is 21.2. The van der Waals surface area contributed by atoms with Crippen molar-refractivity contribution in [2.75, 3.05) is 0 Å². The fraction of sp³-hybridized carbons (Fsp3) is 0.0909. The molecule has 0 aliphatic carbocycles. The van der Waals surface area contributed by atoms with Crippen LogP contribution in [0.2, 0.25) is 5.02 Å². The third kappa shape index (κ3) is 4.57. The highest BCUT2D eigenvalue weighted by Gasteiger charge is 2.12. The number of carbonyl (C=O) groups is 2. The number of carbonyl (C=O) groups excluding carboxylic acids is 2. The maximum atomic E-state index is 12.6. The lowest BCUT2D eigenvalue weighted by molar-refractivity contribution is 0.0706. The summed E-state index contributed by atoms with van der Waals surface area (Å²) in [5.74, 6) is -0.753. The molecule has 0 radical (unpaired) electrons. The Morgan fingerprint density at radius 1 is 0.857 bits per heavy atom. The molecule has 3 rings (SSSR count). The van der Waals surface area contributed by atoms with Crippen molar-refractivity contribution in [2.45, 2.75) is 13.0 Å². The Balaban J connectivity index is 1.76. The first kappa shape index (κ1) is 19.6. The highest BCUT2D eigenvalue weighted by molar-refractivity contribution is 6.30. The Morgan fingerprint density at radius 2 is 1.54 bits per heavy atom. The largest absolute Gasteiger partial charge is 0.346 e. The van der Waals surface area contributed by atoms with Crippen LogP contribution in [0, 0.1) is 0 Å². The summed E-state index contributed by atoms with van der Waals surface area (Å²) in [5.41, 5.74) is 5.15. The number of rotatable bonds is 5. The van der Waals surface area contributed by atoms with Gasteiger partial charge in [0.15, 0.2) is 0 Å². The van der Waals surface area contributed by atoms with Gasteiger partial charge in [-0.2, -0.15) is 0 Å². The maximum absolute atomic E-state index is 12.6. The summed E-state index contributed by atoms with van der Waals surface area (Å²) in [6.45, 7) is 1.91. The molecule has 3 N–H and O–H groups in total. The van der Waals surface area contributed by atoms with Gasteiger partial charge in [0.2, 0.25) is 0 Å². The topological polar surface area (TPSA) is 78.4 Å². The van der Waals surface area contributed by atoms with Crippen LogP contribution in [-0.2, 0) is 0 Å². The molecule has 0 unspecified atom stereocenters. The monoisotopic (exact) mass is 394 g/mol. The summed E-state index contributed by atoms with van der Waals surface area (Å²) in [4.78, 5) is 24.1. The zero-order valence-corrected chi connectivity index (χ0v) is 15.9. The van der Waals surface area contributed by atoms with Crippen molar-refractivity contribution in [1.82, 2.24) is 10.8 Å². The molecule has 0 saturated carbocycles. The Hall–Kier alpha value is -3.15. The molecule has 0 spiro atoms. The minimum Gasteiger partial charge on any atom is -0.346 e. The van der Waals surface area contributed by atoms with Crippen LogP contribution in [0.15, 0.2) is 72.8 Å². The van der Waals surface area contributed by atoms with Crippen LogP contribution in [0.5, 0.6) is 0 Å². The van der Waals surface area contributed by atoms with E-state index in [1.54, 1.807) is 54.0 Å². The highest BCUT2D eigenvalue weighted by atomic mass is 35.5. The van der Waals surface area contributed by atoms with Gasteiger partial charge in [-0.15, -0.1) is 0 Å². The molecule has 142 valence electrons. The number of halogens is 1. The first-order valence-electron chi connectivity index (χ1n) is 8.69. The molecule has 6 heteroatoms. The Morgan fingerprint density at radius 3 is 2.18 bits per heavy atom. The normalized spacial score (nSPS) is 11.5. The van der Waals surface area contributed by atoms with Gasteiger partial charge < -0.3 is 5.32 Å². The second-order valence-electron chi connectivity index (χ2n) is 6.35. The molecule has 1 atom stereocenters. The maximum Gasteiger partial charge on any atom is 0.274 e. The van der Waals surface area contributed by atoms with E-state index >= 15 is 0 Å². The Labute approximate surface area is 167 Å². The number of hydroxylamine groups is 1. The van der Waals surface area contributed by atoms with E-state index in [2.05, 4.69) is 5.32 Å². The Bertz CT molecular complexity index is 985. The van der Waals surface area contributed by atoms with Crippen LogP contribution in [0.4, 0.5) is 0 Å². The standard InChI is InChI=1S/C22H19ClN2O3/c1-14(15-9-11-20(23)12-10-15)24-21(26)19-4-2-3-18(13-19)16-5-7-17(8-6-16)22(27)25-28/h2-14,28H,1H3,(H,24,26)(H,25,27)/t14-/m1/s1. The third-order valence-corrected chi connectivity index (χ3v) is 4.68. The van der Waals surface area contributed by atoms with Crippen molar-refractivity contribution < 1.29 is 14.8 Å². The minimum absolute atomic E-state index is 0.162. The van der Waals surface area contributed by atoms with Crippen molar-refractivity contribution in [3.63, 3.8) is 0 Å². The van der Waals surface area contributed by atoms with E-state index in [0.29, 0.717) is 16.1 Å². The molecule has 0 heterocycles. The van der Waals surface area contributed by atoms with Crippen molar-refractivity contribution in [1.29, 1.82) is 0 Å². The lowest BCUT2D eigenvalue weighted by atomic mass is 10.0. The van der Waals surface area contributed by atoms with Gasteiger partial charge in [0.25, 0.3) is 11.8 Å². The van der Waals surface area contributed by atoms with Crippen molar-refractivity contribution in [3.8, 4) is 11.1 Å². The molecule has 5 nitrogen and oxygen atoms in total. The first-order chi connectivity index (χ1) is 13.5. The molecule has 0 aliphatic heterocycles. The van der Waals surface area contributed by atoms with E-state index in [4.69, 9.17) is 16.8 Å². The molecule has 3 aromatic carbocycles. The first-order valence-corrected chi connectivity index (χ1v) is 9.07. The minimum atomic E-state index is -0.573. The van der Waals surface area contributed by atoms with Crippen molar-refractivity contribution >= 4 is 23.4 Å². The van der Waals surface area contributed by atoms with Gasteiger partial charge in [-0.05, 0) is 60.0 Å².